The molecule has 3 aromatic carbocycles. The zero-order chi connectivity index (χ0) is 25.1. The maximum Gasteiger partial charge on any atom is 0.274 e. The fourth-order valence-corrected chi connectivity index (χ4v) is 5.40. The van der Waals surface area contributed by atoms with Crippen LogP contribution in [0, 0.1) is 0 Å². The van der Waals surface area contributed by atoms with E-state index in [1.54, 1.807) is 10.8 Å². The molecule has 1 atom stereocenters. The third kappa shape index (κ3) is 3.32. The SMILES string of the molecule is Cn1cncc1C(N)(c1ccc2c(c1)CCO2)c1ccc2c(c1)c(-c1cccc(Cl)c1)nc1nnnn12. The summed E-state index contributed by atoms with van der Waals surface area (Å²) in [5, 5.41) is 13.6. The van der Waals surface area contributed by atoms with Gasteiger partial charge in [0.1, 0.15) is 11.3 Å². The van der Waals surface area contributed by atoms with Gasteiger partial charge < -0.3 is 15.0 Å². The molecule has 2 N–H and O–H groups in total. The number of nitrogens with two attached hydrogens (primary N) is 1. The molecule has 182 valence electrons. The van der Waals surface area contributed by atoms with Gasteiger partial charge in [0.05, 0.1) is 36.0 Å². The highest BCUT2D eigenvalue weighted by Gasteiger charge is 2.36. The summed E-state index contributed by atoms with van der Waals surface area (Å²) in [4.78, 5) is 9.17. The normalized spacial score (nSPS) is 14.6. The smallest absolute Gasteiger partial charge is 0.274 e. The first kappa shape index (κ1) is 21.9. The Hall–Kier alpha value is -4.34. The van der Waals surface area contributed by atoms with Gasteiger partial charge in [-0.2, -0.15) is 4.52 Å². The Morgan fingerprint density at radius 1 is 1.05 bits per heavy atom. The second-order valence-corrected chi connectivity index (χ2v) is 9.65. The second-order valence-electron chi connectivity index (χ2n) is 9.21. The van der Waals surface area contributed by atoms with Crippen molar-refractivity contribution in [3.63, 3.8) is 0 Å². The summed E-state index contributed by atoms with van der Waals surface area (Å²) < 4.78 is 9.33. The number of aryl methyl sites for hydroxylation is 1. The van der Waals surface area contributed by atoms with Crippen LogP contribution in [0.3, 0.4) is 0 Å². The number of halogens is 1. The van der Waals surface area contributed by atoms with Crippen LogP contribution >= 0.6 is 11.6 Å². The van der Waals surface area contributed by atoms with Crippen molar-refractivity contribution >= 4 is 28.3 Å². The Kier molecular flexibility index (Phi) is 4.79. The summed E-state index contributed by atoms with van der Waals surface area (Å²) in [6.45, 7) is 0.675. The van der Waals surface area contributed by atoms with Gasteiger partial charge in [-0.15, -0.1) is 0 Å². The van der Waals surface area contributed by atoms with Crippen LogP contribution in [0.2, 0.25) is 5.02 Å². The van der Waals surface area contributed by atoms with Gasteiger partial charge in [-0.3, -0.25) is 0 Å². The zero-order valence-corrected chi connectivity index (χ0v) is 20.6. The summed E-state index contributed by atoms with van der Waals surface area (Å²) in [6.07, 6.45) is 4.43. The number of hydrogen-bond acceptors (Lipinski definition) is 7. The molecule has 0 saturated carbocycles. The monoisotopic (exact) mass is 508 g/mol. The molecular formula is C27H21ClN8O. The molecule has 0 saturated heterocycles. The van der Waals surface area contributed by atoms with Crippen LogP contribution in [0.15, 0.2) is 73.2 Å². The van der Waals surface area contributed by atoms with Gasteiger partial charge in [0, 0.05) is 29.4 Å². The van der Waals surface area contributed by atoms with Gasteiger partial charge in [-0.1, -0.05) is 41.0 Å². The molecule has 0 amide bonds. The summed E-state index contributed by atoms with van der Waals surface area (Å²) in [6, 6.07) is 19.8. The van der Waals surface area contributed by atoms with E-state index in [0.29, 0.717) is 17.4 Å². The fourth-order valence-electron chi connectivity index (χ4n) is 5.21. The lowest BCUT2D eigenvalue weighted by Gasteiger charge is -2.32. The lowest BCUT2D eigenvalue weighted by Crippen LogP contribution is -2.41. The van der Waals surface area contributed by atoms with E-state index in [1.807, 2.05) is 66.3 Å². The number of imidazole rings is 1. The van der Waals surface area contributed by atoms with Crippen molar-refractivity contribution in [2.45, 2.75) is 12.0 Å². The van der Waals surface area contributed by atoms with Crippen molar-refractivity contribution in [1.29, 1.82) is 0 Å². The zero-order valence-electron chi connectivity index (χ0n) is 19.8. The number of tetrazole rings is 1. The first-order chi connectivity index (χ1) is 18.0. The van der Waals surface area contributed by atoms with E-state index < -0.39 is 5.54 Å². The average molecular weight is 509 g/mol. The Morgan fingerprint density at radius 2 is 1.92 bits per heavy atom. The van der Waals surface area contributed by atoms with Crippen LogP contribution in [-0.2, 0) is 19.0 Å². The number of aromatic nitrogens is 7. The maximum absolute atomic E-state index is 7.41. The Balaban J connectivity index is 1.53. The van der Waals surface area contributed by atoms with Crippen molar-refractivity contribution in [2.24, 2.45) is 12.8 Å². The number of benzene rings is 3. The Morgan fingerprint density at radius 3 is 2.76 bits per heavy atom. The minimum Gasteiger partial charge on any atom is -0.493 e. The number of ether oxygens (including phenoxy) is 1. The molecule has 0 fully saturated rings. The van der Waals surface area contributed by atoms with Crippen molar-refractivity contribution in [1.82, 2.24) is 34.6 Å². The molecule has 10 heteroatoms. The van der Waals surface area contributed by atoms with Gasteiger partial charge in [-0.25, -0.2) is 9.97 Å². The number of nitrogens with zero attached hydrogens (tertiary/aromatic N) is 7. The van der Waals surface area contributed by atoms with E-state index in [9.17, 15) is 0 Å². The van der Waals surface area contributed by atoms with Gasteiger partial charge >= 0.3 is 0 Å². The maximum atomic E-state index is 7.41. The molecule has 1 aliphatic heterocycles. The molecule has 7 rings (SSSR count). The molecule has 1 aliphatic rings. The molecule has 4 heterocycles. The van der Waals surface area contributed by atoms with Gasteiger partial charge in [0.25, 0.3) is 5.78 Å². The molecule has 0 radical (unpaired) electrons. The Bertz CT molecular complexity index is 1830. The van der Waals surface area contributed by atoms with Gasteiger partial charge in [-0.05, 0) is 63.5 Å². The minimum absolute atomic E-state index is 0.402. The average Bonchev–Trinajstić information content (AvgIpc) is 3.67. The lowest BCUT2D eigenvalue weighted by molar-refractivity contribution is 0.356. The van der Waals surface area contributed by atoms with E-state index in [-0.39, 0.29) is 0 Å². The van der Waals surface area contributed by atoms with Crippen LogP contribution in [0.1, 0.15) is 22.4 Å². The van der Waals surface area contributed by atoms with E-state index in [2.05, 4.69) is 32.6 Å². The largest absolute Gasteiger partial charge is 0.493 e. The molecule has 1 unspecified atom stereocenters. The van der Waals surface area contributed by atoms with E-state index in [1.165, 1.54) is 0 Å². The first-order valence-corrected chi connectivity index (χ1v) is 12.2. The summed E-state index contributed by atoms with van der Waals surface area (Å²) in [5.74, 6) is 1.31. The highest BCUT2D eigenvalue weighted by molar-refractivity contribution is 6.30. The topological polar surface area (TPSA) is 109 Å². The van der Waals surface area contributed by atoms with Crippen LogP contribution < -0.4 is 10.5 Å². The molecule has 0 spiro atoms. The van der Waals surface area contributed by atoms with Crippen molar-refractivity contribution in [2.75, 3.05) is 6.61 Å². The second kappa shape index (κ2) is 8.09. The van der Waals surface area contributed by atoms with Gasteiger partial charge in [0.15, 0.2) is 0 Å². The van der Waals surface area contributed by atoms with E-state index >= 15 is 0 Å². The third-order valence-corrected chi connectivity index (χ3v) is 7.30. The van der Waals surface area contributed by atoms with E-state index in [0.717, 1.165) is 56.7 Å². The summed E-state index contributed by atoms with van der Waals surface area (Å²) in [7, 11) is 1.95. The molecule has 0 aliphatic carbocycles. The fraction of sp³-hybridized carbons (Fsp3) is 0.148. The number of rotatable bonds is 4. The molecule has 37 heavy (non-hydrogen) atoms. The summed E-state index contributed by atoms with van der Waals surface area (Å²) >= 11 is 6.35. The van der Waals surface area contributed by atoms with Crippen molar-refractivity contribution in [3.05, 3.63) is 101 Å². The first-order valence-electron chi connectivity index (χ1n) is 11.8. The minimum atomic E-state index is -1.00. The van der Waals surface area contributed by atoms with E-state index in [4.69, 9.17) is 27.1 Å². The van der Waals surface area contributed by atoms with Crippen LogP contribution in [0.4, 0.5) is 0 Å². The van der Waals surface area contributed by atoms with Crippen LogP contribution in [-0.4, -0.2) is 41.2 Å². The predicted molar refractivity (Wildman–Crippen MR) is 139 cm³/mol. The standard InChI is InChI=1S/C27H21ClN8O/c1-35-15-30-14-24(35)27(29,18-6-8-23-16(11-18)9-10-37-23)19-5-7-22-21(13-19)25(17-3-2-4-20(28)12-17)31-26-32-33-34-36(22)26/h2-8,11-15H,9-10,29H2,1H3. The third-order valence-electron chi connectivity index (χ3n) is 7.06. The lowest BCUT2D eigenvalue weighted by atomic mass is 9.79. The van der Waals surface area contributed by atoms with Crippen LogP contribution in [0.25, 0.3) is 27.9 Å². The highest BCUT2D eigenvalue weighted by Crippen LogP contribution is 2.39. The van der Waals surface area contributed by atoms with Gasteiger partial charge in [0.2, 0.25) is 0 Å². The van der Waals surface area contributed by atoms with Crippen molar-refractivity contribution in [3.8, 4) is 17.0 Å². The molecule has 9 nitrogen and oxygen atoms in total. The quantitative estimate of drug-likeness (QED) is 0.384. The Labute approximate surface area is 216 Å². The number of hydrogen-bond donors (Lipinski definition) is 1. The number of fused-ring (bicyclic) bond motifs is 4. The highest BCUT2D eigenvalue weighted by atomic mass is 35.5. The molecule has 0 bridgehead atoms. The summed E-state index contributed by atoms with van der Waals surface area (Å²) in [5.41, 5.74) is 12.6. The van der Waals surface area contributed by atoms with Crippen molar-refractivity contribution < 1.29 is 4.74 Å². The molecule has 6 aromatic rings. The predicted octanol–water partition coefficient (Wildman–Crippen LogP) is 3.91. The molecule has 3 aromatic heterocycles. The van der Waals surface area contributed by atoms with Crippen LogP contribution in [0.5, 0.6) is 5.75 Å². The molecular weight excluding hydrogens is 488 g/mol.